The maximum Gasteiger partial charge on any atom is 0.257 e. The average molecular weight is 375 g/mol. The number of anilines is 2. The lowest BCUT2D eigenvalue weighted by Gasteiger charge is -2.09. The van der Waals surface area contributed by atoms with Crippen LogP contribution in [0.5, 0.6) is 11.5 Å². The summed E-state index contributed by atoms with van der Waals surface area (Å²) in [5.74, 6) is 1.58. The minimum absolute atomic E-state index is 0.267. The Morgan fingerprint density at radius 2 is 1.71 bits per heavy atom. The number of hydrogen-bond acceptors (Lipinski definition) is 7. The highest BCUT2D eigenvalue weighted by Crippen LogP contribution is 2.29. The smallest absolute Gasteiger partial charge is 0.257 e. The molecule has 4 rings (SSSR count). The van der Waals surface area contributed by atoms with Crippen molar-refractivity contribution in [3.8, 4) is 22.6 Å². The second kappa shape index (κ2) is 7.36. The lowest BCUT2D eigenvalue weighted by molar-refractivity contribution is 0.394. The maximum absolute atomic E-state index is 12.7. The molecule has 0 saturated heterocycles. The molecule has 0 bridgehead atoms. The van der Waals surface area contributed by atoms with Gasteiger partial charge in [0.15, 0.2) is 0 Å². The third-order valence-corrected chi connectivity index (χ3v) is 4.19. The number of benzene rings is 1. The summed E-state index contributed by atoms with van der Waals surface area (Å²) >= 11 is 0. The molecule has 8 nitrogen and oxygen atoms in total. The van der Waals surface area contributed by atoms with Gasteiger partial charge in [-0.1, -0.05) is 0 Å². The Balaban J connectivity index is 1.75. The molecule has 4 aromatic rings. The van der Waals surface area contributed by atoms with Crippen molar-refractivity contribution in [2.75, 3.05) is 19.5 Å². The van der Waals surface area contributed by atoms with E-state index >= 15 is 0 Å². The van der Waals surface area contributed by atoms with Crippen LogP contribution in [0.15, 0.2) is 59.8 Å². The molecule has 0 atom stereocenters. The highest BCUT2D eigenvalue weighted by molar-refractivity contribution is 5.81. The van der Waals surface area contributed by atoms with Gasteiger partial charge in [0.2, 0.25) is 5.95 Å². The van der Waals surface area contributed by atoms with Crippen molar-refractivity contribution in [2.24, 2.45) is 0 Å². The van der Waals surface area contributed by atoms with E-state index in [0.29, 0.717) is 39.6 Å². The van der Waals surface area contributed by atoms with Crippen LogP contribution in [-0.2, 0) is 0 Å². The predicted octanol–water partition coefficient (Wildman–Crippen LogP) is 3.14. The summed E-state index contributed by atoms with van der Waals surface area (Å²) in [7, 11) is 3.13. The molecule has 3 aromatic heterocycles. The van der Waals surface area contributed by atoms with Crippen molar-refractivity contribution >= 4 is 22.7 Å². The molecule has 8 heteroatoms. The van der Waals surface area contributed by atoms with Crippen LogP contribution in [0.1, 0.15) is 0 Å². The van der Waals surface area contributed by atoms with Crippen molar-refractivity contribution in [1.29, 1.82) is 0 Å². The van der Waals surface area contributed by atoms with Gasteiger partial charge in [-0.15, -0.1) is 0 Å². The van der Waals surface area contributed by atoms with E-state index in [9.17, 15) is 4.79 Å². The fraction of sp³-hybridized carbons (Fsp3) is 0.100. The van der Waals surface area contributed by atoms with Gasteiger partial charge in [-0.05, 0) is 35.9 Å². The van der Waals surface area contributed by atoms with Crippen LogP contribution in [0, 0.1) is 0 Å². The van der Waals surface area contributed by atoms with Crippen molar-refractivity contribution in [3.63, 3.8) is 0 Å². The monoisotopic (exact) mass is 375 g/mol. The van der Waals surface area contributed by atoms with Crippen molar-refractivity contribution in [3.05, 3.63) is 65.3 Å². The fourth-order valence-corrected chi connectivity index (χ4v) is 2.79. The summed E-state index contributed by atoms with van der Waals surface area (Å²) in [4.78, 5) is 28.2. The first-order valence-corrected chi connectivity index (χ1v) is 8.47. The number of nitrogens with one attached hydrogen (secondary N) is 2. The summed E-state index contributed by atoms with van der Waals surface area (Å²) in [5.41, 5.74) is 2.13. The summed E-state index contributed by atoms with van der Waals surface area (Å²) < 4.78 is 10.6. The number of methoxy groups -OCH3 is 2. The lowest BCUT2D eigenvalue weighted by Crippen LogP contribution is -2.10. The zero-order chi connectivity index (χ0) is 19.5. The second-order valence-corrected chi connectivity index (χ2v) is 5.97. The molecule has 28 heavy (non-hydrogen) atoms. The molecular weight excluding hydrogens is 358 g/mol. The molecule has 0 unspecified atom stereocenters. The number of ether oxygens (including phenoxy) is 2. The fourth-order valence-electron chi connectivity index (χ4n) is 2.79. The van der Waals surface area contributed by atoms with Gasteiger partial charge in [0.25, 0.3) is 5.56 Å². The largest absolute Gasteiger partial charge is 0.497 e. The Hall–Kier alpha value is -3.94. The number of H-pyrrole nitrogens is 1. The number of rotatable bonds is 5. The standard InChI is InChI=1S/C20H17N5O3/c1-27-15-7-12(8-16(10-15)28-2)17-9-13-11-22-20(25-18(13)24-19(17)26)23-14-3-5-21-6-4-14/h3-11H,1-2H3,(H2,21,22,23,24,25,26). The van der Waals surface area contributed by atoms with Crippen LogP contribution in [-0.4, -0.2) is 34.2 Å². The molecule has 0 saturated carbocycles. The molecule has 0 spiro atoms. The summed E-state index contributed by atoms with van der Waals surface area (Å²) in [5, 5.41) is 3.78. The first-order valence-electron chi connectivity index (χ1n) is 8.47. The number of pyridine rings is 2. The number of aromatic nitrogens is 4. The average Bonchev–Trinajstić information content (AvgIpc) is 2.73. The zero-order valence-corrected chi connectivity index (χ0v) is 15.3. The van der Waals surface area contributed by atoms with E-state index < -0.39 is 0 Å². The first-order chi connectivity index (χ1) is 13.7. The Morgan fingerprint density at radius 1 is 1.00 bits per heavy atom. The van der Waals surface area contributed by atoms with E-state index in [2.05, 4.69) is 25.3 Å². The van der Waals surface area contributed by atoms with Crippen molar-refractivity contribution in [2.45, 2.75) is 0 Å². The molecule has 0 aliphatic rings. The molecule has 0 radical (unpaired) electrons. The molecule has 140 valence electrons. The van der Waals surface area contributed by atoms with Gasteiger partial charge < -0.3 is 19.8 Å². The molecule has 1 aromatic carbocycles. The molecule has 0 amide bonds. The minimum Gasteiger partial charge on any atom is -0.497 e. The van der Waals surface area contributed by atoms with Gasteiger partial charge in [-0.2, -0.15) is 4.98 Å². The second-order valence-electron chi connectivity index (χ2n) is 5.97. The van der Waals surface area contributed by atoms with E-state index in [-0.39, 0.29) is 5.56 Å². The van der Waals surface area contributed by atoms with Crippen LogP contribution in [0.2, 0.25) is 0 Å². The normalized spacial score (nSPS) is 10.6. The Kier molecular flexibility index (Phi) is 4.59. The topological polar surface area (TPSA) is 102 Å². The van der Waals surface area contributed by atoms with Crippen LogP contribution in [0.25, 0.3) is 22.2 Å². The molecule has 2 N–H and O–H groups in total. The summed E-state index contributed by atoms with van der Waals surface area (Å²) in [6, 6.07) is 10.7. The third kappa shape index (κ3) is 3.48. The van der Waals surface area contributed by atoms with Gasteiger partial charge in [-0.25, -0.2) is 4.98 Å². The van der Waals surface area contributed by atoms with Crippen molar-refractivity contribution in [1.82, 2.24) is 19.9 Å². The SMILES string of the molecule is COc1cc(OC)cc(-c2cc3cnc(Nc4ccncc4)nc3[nH]c2=O)c1. The van der Waals surface area contributed by atoms with Crippen LogP contribution >= 0.6 is 0 Å². The number of nitrogens with zero attached hydrogens (tertiary/aromatic N) is 3. The molecule has 0 aliphatic carbocycles. The summed E-state index contributed by atoms with van der Waals surface area (Å²) in [6.07, 6.45) is 4.99. The molecule has 0 aliphatic heterocycles. The van der Waals surface area contributed by atoms with E-state index in [4.69, 9.17) is 9.47 Å². The predicted molar refractivity (Wildman–Crippen MR) is 106 cm³/mol. The Morgan fingerprint density at radius 3 is 2.39 bits per heavy atom. The van der Waals surface area contributed by atoms with Gasteiger partial charge in [0.05, 0.1) is 14.2 Å². The van der Waals surface area contributed by atoms with E-state index in [1.54, 1.807) is 69.2 Å². The molecule has 0 fully saturated rings. The van der Waals surface area contributed by atoms with Gasteiger partial charge in [0.1, 0.15) is 17.1 Å². The Bertz CT molecular complexity index is 1170. The summed E-state index contributed by atoms with van der Waals surface area (Å²) in [6.45, 7) is 0. The van der Waals surface area contributed by atoms with Crippen molar-refractivity contribution < 1.29 is 9.47 Å². The van der Waals surface area contributed by atoms with E-state index in [1.165, 1.54) is 0 Å². The zero-order valence-electron chi connectivity index (χ0n) is 15.3. The van der Waals surface area contributed by atoms with Gasteiger partial charge >= 0.3 is 0 Å². The van der Waals surface area contributed by atoms with Gasteiger partial charge in [-0.3, -0.25) is 9.78 Å². The van der Waals surface area contributed by atoms with Crippen LogP contribution in [0.4, 0.5) is 11.6 Å². The Labute approximate surface area is 160 Å². The van der Waals surface area contributed by atoms with Crippen LogP contribution in [0.3, 0.4) is 0 Å². The van der Waals surface area contributed by atoms with Gasteiger partial charge in [0, 0.05) is 41.3 Å². The van der Waals surface area contributed by atoms with E-state index in [0.717, 1.165) is 5.69 Å². The third-order valence-electron chi connectivity index (χ3n) is 4.19. The first kappa shape index (κ1) is 17.5. The number of fused-ring (bicyclic) bond motifs is 1. The molecule has 3 heterocycles. The lowest BCUT2D eigenvalue weighted by atomic mass is 10.1. The minimum atomic E-state index is -0.267. The maximum atomic E-state index is 12.7. The number of hydrogen-bond donors (Lipinski definition) is 2. The van der Waals surface area contributed by atoms with Crippen LogP contribution < -0.4 is 20.3 Å². The highest BCUT2D eigenvalue weighted by atomic mass is 16.5. The van der Waals surface area contributed by atoms with E-state index in [1.807, 2.05) is 0 Å². The molecular formula is C20H17N5O3. The highest BCUT2D eigenvalue weighted by Gasteiger charge is 2.11. The quantitative estimate of drug-likeness (QED) is 0.552. The number of aromatic amines is 1.